The lowest BCUT2D eigenvalue weighted by Gasteiger charge is -2.14. The van der Waals surface area contributed by atoms with Gasteiger partial charge in [-0.15, -0.1) is 36.2 Å². The number of hydrogen-bond acceptors (Lipinski definition) is 5. The smallest absolute Gasteiger partial charge is 0.263 e. The van der Waals surface area contributed by atoms with Crippen LogP contribution in [0.1, 0.15) is 34.2 Å². The highest BCUT2D eigenvalue weighted by Crippen LogP contribution is 2.21. The highest BCUT2D eigenvalue weighted by molar-refractivity contribution is 7.13. The van der Waals surface area contributed by atoms with Crippen LogP contribution in [0.3, 0.4) is 0 Å². The molecule has 2 rings (SSSR count). The van der Waals surface area contributed by atoms with Crippen LogP contribution in [-0.4, -0.2) is 41.7 Å². The lowest BCUT2D eigenvalue weighted by Crippen LogP contribution is -2.34. The van der Waals surface area contributed by atoms with Crippen LogP contribution < -0.4 is 10.6 Å². The van der Waals surface area contributed by atoms with Gasteiger partial charge in [0.2, 0.25) is 0 Å². The first-order valence-electron chi connectivity index (χ1n) is 7.10. The standard InChI is InChI=1S/C14H23N3O2S.2ClH/c1-8(2)4-11-13(20-9(3)17-11)14(19)16-6-10-5-15-7-12(10)18;;/h8,10,12,15,18H,4-7H2,1-3H3,(H,16,19);2*1H. The molecule has 1 aromatic rings. The maximum Gasteiger partial charge on any atom is 0.263 e. The summed E-state index contributed by atoms with van der Waals surface area (Å²) < 4.78 is 0. The van der Waals surface area contributed by atoms with E-state index in [1.807, 2.05) is 6.92 Å². The van der Waals surface area contributed by atoms with Gasteiger partial charge in [-0.2, -0.15) is 0 Å². The van der Waals surface area contributed by atoms with E-state index in [0.29, 0.717) is 19.0 Å². The third-order valence-corrected chi connectivity index (χ3v) is 4.45. The van der Waals surface area contributed by atoms with Gasteiger partial charge in [0.15, 0.2) is 0 Å². The molecule has 0 radical (unpaired) electrons. The van der Waals surface area contributed by atoms with Gasteiger partial charge in [0.25, 0.3) is 5.91 Å². The van der Waals surface area contributed by atoms with Crippen molar-refractivity contribution in [2.24, 2.45) is 11.8 Å². The van der Waals surface area contributed by atoms with E-state index in [-0.39, 0.29) is 42.7 Å². The lowest BCUT2D eigenvalue weighted by atomic mass is 10.1. The molecule has 1 saturated heterocycles. The van der Waals surface area contributed by atoms with Gasteiger partial charge in [0.1, 0.15) is 4.88 Å². The zero-order chi connectivity index (χ0) is 14.7. The van der Waals surface area contributed by atoms with Crippen LogP contribution in [0.15, 0.2) is 0 Å². The van der Waals surface area contributed by atoms with E-state index in [9.17, 15) is 9.90 Å². The largest absolute Gasteiger partial charge is 0.391 e. The molecule has 128 valence electrons. The van der Waals surface area contributed by atoms with Gasteiger partial charge in [0, 0.05) is 25.6 Å². The summed E-state index contributed by atoms with van der Waals surface area (Å²) in [6.45, 7) is 8.04. The molecule has 1 fully saturated rings. The molecule has 0 bridgehead atoms. The fourth-order valence-electron chi connectivity index (χ4n) is 2.40. The normalized spacial score (nSPS) is 20.4. The average Bonchev–Trinajstić information content (AvgIpc) is 2.92. The maximum atomic E-state index is 12.3. The highest BCUT2D eigenvalue weighted by atomic mass is 35.5. The Bertz CT molecular complexity index is 483. The maximum absolute atomic E-state index is 12.3. The van der Waals surface area contributed by atoms with Crippen molar-refractivity contribution in [3.05, 3.63) is 15.6 Å². The third kappa shape index (κ3) is 5.66. The van der Waals surface area contributed by atoms with E-state index < -0.39 is 0 Å². The molecular formula is C14H25Cl2N3O2S. The van der Waals surface area contributed by atoms with E-state index in [1.165, 1.54) is 11.3 Å². The van der Waals surface area contributed by atoms with Crippen molar-refractivity contribution in [3.63, 3.8) is 0 Å². The van der Waals surface area contributed by atoms with Gasteiger partial charge < -0.3 is 15.7 Å². The number of nitrogens with one attached hydrogen (secondary N) is 2. The van der Waals surface area contributed by atoms with Crippen LogP contribution >= 0.6 is 36.2 Å². The van der Waals surface area contributed by atoms with Crippen molar-refractivity contribution in [2.45, 2.75) is 33.3 Å². The molecule has 22 heavy (non-hydrogen) atoms. The number of nitrogens with zero attached hydrogens (tertiary/aromatic N) is 1. The molecule has 1 aliphatic heterocycles. The van der Waals surface area contributed by atoms with E-state index in [1.54, 1.807) is 0 Å². The first-order chi connectivity index (χ1) is 9.47. The lowest BCUT2D eigenvalue weighted by molar-refractivity contribution is 0.0930. The molecular weight excluding hydrogens is 345 g/mol. The van der Waals surface area contributed by atoms with Crippen molar-refractivity contribution in [1.29, 1.82) is 0 Å². The van der Waals surface area contributed by atoms with Crippen molar-refractivity contribution < 1.29 is 9.90 Å². The number of hydrogen-bond donors (Lipinski definition) is 3. The second-order valence-corrected chi connectivity index (χ2v) is 7.01. The Morgan fingerprint density at radius 3 is 2.68 bits per heavy atom. The number of carbonyl (C=O) groups excluding carboxylic acids is 1. The molecule has 3 N–H and O–H groups in total. The Hall–Kier alpha value is -0.400. The van der Waals surface area contributed by atoms with Gasteiger partial charge in [-0.3, -0.25) is 4.79 Å². The summed E-state index contributed by atoms with van der Waals surface area (Å²) in [5.41, 5.74) is 0.894. The molecule has 1 amide bonds. The minimum atomic E-state index is -0.367. The monoisotopic (exact) mass is 369 g/mol. The Labute approximate surface area is 148 Å². The van der Waals surface area contributed by atoms with Gasteiger partial charge in [-0.1, -0.05) is 13.8 Å². The molecule has 2 unspecified atom stereocenters. The van der Waals surface area contributed by atoms with Crippen LogP contribution in [0.4, 0.5) is 0 Å². The number of aromatic nitrogens is 1. The van der Waals surface area contributed by atoms with Gasteiger partial charge in [0.05, 0.1) is 16.8 Å². The molecule has 0 aromatic carbocycles. The quantitative estimate of drug-likeness (QED) is 0.739. The third-order valence-electron chi connectivity index (χ3n) is 3.44. The number of aliphatic hydroxyl groups excluding tert-OH is 1. The summed E-state index contributed by atoms with van der Waals surface area (Å²) >= 11 is 1.45. The molecule has 5 nitrogen and oxygen atoms in total. The summed E-state index contributed by atoms with van der Waals surface area (Å²) in [5.74, 6) is 0.510. The first kappa shape index (κ1) is 21.6. The highest BCUT2D eigenvalue weighted by Gasteiger charge is 2.26. The van der Waals surface area contributed by atoms with E-state index in [2.05, 4.69) is 29.5 Å². The first-order valence-corrected chi connectivity index (χ1v) is 7.92. The van der Waals surface area contributed by atoms with Crippen LogP contribution in [0.25, 0.3) is 0 Å². The Balaban J connectivity index is 0.00000220. The number of aryl methyl sites for hydroxylation is 1. The second-order valence-electron chi connectivity index (χ2n) is 5.80. The Morgan fingerprint density at radius 1 is 1.45 bits per heavy atom. The number of thiazole rings is 1. The summed E-state index contributed by atoms with van der Waals surface area (Å²) in [4.78, 5) is 17.5. The van der Waals surface area contributed by atoms with Crippen molar-refractivity contribution in [1.82, 2.24) is 15.6 Å². The molecule has 1 aromatic heterocycles. The van der Waals surface area contributed by atoms with E-state index >= 15 is 0 Å². The van der Waals surface area contributed by atoms with Crippen LogP contribution in [0.5, 0.6) is 0 Å². The number of β-amino-alcohol motifs (C(OH)–C–C–N with tert-alkyl or cyclic N) is 1. The zero-order valence-electron chi connectivity index (χ0n) is 13.1. The molecule has 8 heteroatoms. The molecule has 2 atom stereocenters. The van der Waals surface area contributed by atoms with Gasteiger partial charge in [-0.25, -0.2) is 4.98 Å². The predicted molar refractivity (Wildman–Crippen MR) is 94.6 cm³/mol. The fraction of sp³-hybridized carbons (Fsp3) is 0.714. The topological polar surface area (TPSA) is 74.2 Å². The van der Waals surface area contributed by atoms with Gasteiger partial charge >= 0.3 is 0 Å². The summed E-state index contributed by atoms with van der Waals surface area (Å²) in [6.07, 6.45) is 0.453. The number of amides is 1. The van der Waals surface area contributed by atoms with Crippen molar-refractivity contribution >= 4 is 42.1 Å². The Kier molecular flexibility index (Phi) is 9.50. The van der Waals surface area contributed by atoms with E-state index in [4.69, 9.17) is 0 Å². The molecule has 2 heterocycles. The van der Waals surface area contributed by atoms with E-state index in [0.717, 1.165) is 28.5 Å². The summed E-state index contributed by atoms with van der Waals surface area (Å²) in [6, 6.07) is 0. The van der Waals surface area contributed by atoms with Crippen molar-refractivity contribution in [2.75, 3.05) is 19.6 Å². The number of carbonyl (C=O) groups is 1. The van der Waals surface area contributed by atoms with Crippen molar-refractivity contribution in [3.8, 4) is 0 Å². The minimum Gasteiger partial charge on any atom is -0.391 e. The van der Waals surface area contributed by atoms with Crippen LogP contribution in [0, 0.1) is 18.8 Å². The molecule has 1 aliphatic rings. The second kappa shape index (κ2) is 9.67. The number of rotatable bonds is 5. The molecule has 0 saturated carbocycles. The fourth-order valence-corrected chi connectivity index (χ4v) is 3.27. The Morgan fingerprint density at radius 2 is 2.14 bits per heavy atom. The van der Waals surface area contributed by atoms with Gasteiger partial charge in [-0.05, 0) is 19.3 Å². The minimum absolute atomic E-state index is 0. The number of aliphatic hydroxyl groups is 1. The average molecular weight is 370 g/mol. The molecule has 0 spiro atoms. The number of halogens is 2. The molecule has 0 aliphatic carbocycles. The summed E-state index contributed by atoms with van der Waals surface area (Å²) in [7, 11) is 0. The SMILES string of the molecule is Cc1nc(CC(C)C)c(C(=O)NCC2CNCC2O)s1.Cl.Cl. The predicted octanol–water partition coefficient (Wildman–Crippen LogP) is 1.80. The van der Waals surface area contributed by atoms with Crippen LogP contribution in [-0.2, 0) is 6.42 Å². The summed E-state index contributed by atoms with van der Waals surface area (Å²) in [5, 5.41) is 16.7. The zero-order valence-corrected chi connectivity index (χ0v) is 15.5. The van der Waals surface area contributed by atoms with Crippen LogP contribution in [0.2, 0.25) is 0 Å².